The molecule has 2 aliphatic carbocycles. The van der Waals surface area contributed by atoms with E-state index < -0.39 is 0 Å². The number of fused-ring (bicyclic) bond motifs is 2. The van der Waals surface area contributed by atoms with Crippen LogP contribution in [0.3, 0.4) is 0 Å². The maximum Gasteiger partial charge on any atom is 0.0491 e. The molecule has 2 saturated carbocycles. The predicted octanol–water partition coefficient (Wildman–Crippen LogP) is 3.39. The van der Waals surface area contributed by atoms with Gasteiger partial charge in [0, 0.05) is 6.61 Å². The fourth-order valence-electron chi connectivity index (χ4n) is 3.67. The normalized spacial score (nSPS) is 42.5. The lowest BCUT2D eigenvalue weighted by atomic mass is 9.69. The summed E-state index contributed by atoms with van der Waals surface area (Å²) in [5, 5.41) is 9.13. The molecule has 2 fully saturated rings. The van der Waals surface area contributed by atoms with Crippen molar-refractivity contribution in [3.63, 3.8) is 0 Å². The Hall–Kier alpha value is -0.300. The van der Waals surface area contributed by atoms with E-state index in [-0.39, 0.29) is 6.61 Å². The molecule has 0 aliphatic heterocycles. The van der Waals surface area contributed by atoms with Gasteiger partial charge in [-0.25, -0.2) is 0 Å². The van der Waals surface area contributed by atoms with Gasteiger partial charge in [0.2, 0.25) is 0 Å². The molecule has 0 aromatic heterocycles. The minimum absolute atomic E-state index is 0.282. The van der Waals surface area contributed by atoms with Crippen molar-refractivity contribution in [2.24, 2.45) is 22.7 Å². The second-order valence-corrected chi connectivity index (χ2v) is 6.35. The van der Waals surface area contributed by atoms with E-state index in [1.54, 1.807) is 5.57 Å². The fourth-order valence-corrected chi connectivity index (χ4v) is 3.67. The summed E-state index contributed by atoms with van der Waals surface area (Å²) in [6.45, 7) is 9.67. The van der Waals surface area contributed by atoms with Gasteiger partial charge in [-0.1, -0.05) is 39.3 Å². The second kappa shape index (κ2) is 3.35. The number of aliphatic hydroxyl groups is 1. The average Bonchev–Trinajstić information content (AvgIpc) is 2.50. The van der Waals surface area contributed by atoms with Crippen molar-refractivity contribution < 1.29 is 5.11 Å². The Morgan fingerprint density at radius 2 is 2.13 bits per heavy atom. The molecule has 1 nitrogen and oxygen atoms in total. The molecule has 0 radical (unpaired) electrons. The maximum atomic E-state index is 9.13. The van der Waals surface area contributed by atoms with Crippen LogP contribution in [-0.2, 0) is 0 Å². The standard InChI is InChI=1S/C14H24O/c1-10(9-15)7-12-8-11-5-6-14(12,4)13(11,2)3/h7,10-11,15H,5-6,8-9H2,1-4H3. The van der Waals surface area contributed by atoms with Crippen molar-refractivity contribution >= 4 is 0 Å². The lowest BCUT2D eigenvalue weighted by Gasteiger charge is -2.36. The van der Waals surface area contributed by atoms with Crippen LogP contribution >= 0.6 is 0 Å². The van der Waals surface area contributed by atoms with Gasteiger partial charge in [-0.2, -0.15) is 0 Å². The molecule has 1 N–H and O–H groups in total. The first-order valence-corrected chi connectivity index (χ1v) is 6.24. The minimum Gasteiger partial charge on any atom is -0.396 e. The van der Waals surface area contributed by atoms with Gasteiger partial charge in [-0.05, 0) is 41.9 Å². The summed E-state index contributed by atoms with van der Waals surface area (Å²) in [4.78, 5) is 0. The first-order valence-electron chi connectivity index (χ1n) is 6.24. The van der Waals surface area contributed by atoms with Crippen molar-refractivity contribution in [3.05, 3.63) is 11.6 Å². The van der Waals surface area contributed by atoms with Crippen LogP contribution in [0.5, 0.6) is 0 Å². The SMILES string of the molecule is CC(C=C1CC2CCC1(C)C2(C)C)CO. The van der Waals surface area contributed by atoms with E-state index in [9.17, 15) is 0 Å². The average molecular weight is 208 g/mol. The van der Waals surface area contributed by atoms with Gasteiger partial charge in [-0.3, -0.25) is 0 Å². The van der Waals surface area contributed by atoms with Crippen LogP contribution in [0, 0.1) is 22.7 Å². The first kappa shape index (κ1) is 11.2. The summed E-state index contributed by atoms with van der Waals surface area (Å²) >= 11 is 0. The van der Waals surface area contributed by atoms with Crippen molar-refractivity contribution in [3.8, 4) is 0 Å². The van der Waals surface area contributed by atoms with Crippen LogP contribution in [0.15, 0.2) is 11.6 Å². The Balaban J connectivity index is 2.30. The molecule has 2 aliphatic rings. The van der Waals surface area contributed by atoms with E-state index in [0.29, 0.717) is 16.7 Å². The Kier molecular flexibility index (Phi) is 2.50. The van der Waals surface area contributed by atoms with Crippen molar-refractivity contribution in [1.82, 2.24) is 0 Å². The first-order chi connectivity index (χ1) is 6.91. The topological polar surface area (TPSA) is 20.2 Å². The van der Waals surface area contributed by atoms with E-state index in [4.69, 9.17) is 5.11 Å². The highest BCUT2D eigenvalue weighted by molar-refractivity contribution is 5.29. The number of hydrogen-bond donors (Lipinski definition) is 1. The summed E-state index contributed by atoms with van der Waals surface area (Å²) in [6.07, 6.45) is 6.34. The summed E-state index contributed by atoms with van der Waals surface area (Å²) in [7, 11) is 0. The van der Waals surface area contributed by atoms with E-state index >= 15 is 0 Å². The molecule has 3 atom stereocenters. The predicted molar refractivity (Wildman–Crippen MR) is 63.6 cm³/mol. The molecule has 0 aromatic rings. The summed E-state index contributed by atoms with van der Waals surface area (Å²) in [6, 6.07) is 0. The zero-order valence-corrected chi connectivity index (χ0v) is 10.5. The molecule has 0 spiro atoms. The third kappa shape index (κ3) is 1.39. The fraction of sp³-hybridized carbons (Fsp3) is 0.857. The lowest BCUT2D eigenvalue weighted by Crippen LogP contribution is -2.28. The highest BCUT2D eigenvalue weighted by Gasteiger charge is 2.58. The highest BCUT2D eigenvalue weighted by atomic mass is 16.3. The summed E-state index contributed by atoms with van der Waals surface area (Å²) < 4.78 is 0. The Morgan fingerprint density at radius 3 is 2.53 bits per heavy atom. The number of rotatable bonds is 2. The van der Waals surface area contributed by atoms with Crippen LogP contribution in [-0.4, -0.2) is 11.7 Å². The Morgan fingerprint density at radius 1 is 1.47 bits per heavy atom. The smallest absolute Gasteiger partial charge is 0.0491 e. The van der Waals surface area contributed by atoms with E-state index in [2.05, 4.69) is 33.8 Å². The monoisotopic (exact) mass is 208 g/mol. The molecular formula is C14H24O. The van der Waals surface area contributed by atoms with Gasteiger partial charge in [0.05, 0.1) is 0 Å². The largest absolute Gasteiger partial charge is 0.396 e. The third-order valence-corrected chi connectivity index (χ3v) is 5.38. The highest BCUT2D eigenvalue weighted by Crippen LogP contribution is 2.67. The van der Waals surface area contributed by atoms with Crippen molar-refractivity contribution in [2.75, 3.05) is 6.61 Å². The number of aliphatic hydroxyl groups excluding tert-OH is 1. The van der Waals surface area contributed by atoms with Gasteiger partial charge in [-0.15, -0.1) is 0 Å². The molecule has 2 rings (SSSR count). The number of allylic oxidation sites excluding steroid dienone is 1. The molecule has 0 aromatic carbocycles. The van der Waals surface area contributed by atoms with Gasteiger partial charge in [0.1, 0.15) is 0 Å². The van der Waals surface area contributed by atoms with Gasteiger partial charge >= 0.3 is 0 Å². The lowest BCUT2D eigenvalue weighted by molar-refractivity contribution is 0.178. The second-order valence-electron chi connectivity index (χ2n) is 6.35. The molecular weight excluding hydrogens is 184 g/mol. The van der Waals surface area contributed by atoms with E-state index in [1.165, 1.54) is 19.3 Å². The van der Waals surface area contributed by atoms with Crippen LogP contribution < -0.4 is 0 Å². The quantitative estimate of drug-likeness (QED) is 0.690. The Labute approximate surface area is 93.6 Å². The van der Waals surface area contributed by atoms with E-state index in [0.717, 1.165) is 5.92 Å². The summed E-state index contributed by atoms with van der Waals surface area (Å²) in [5.74, 6) is 1.20. The Bertz CT molecular complexity index is 290. The van der Waals surface area contributed by atoms with Gasteiger partial charge < -0.3 is 5.11 Å². The molecule has 1 heteroatoms. The zero-order chi connectivity index (χ0) is 11.3. The summed E-state index contributed by atoms with van der Waals surface area (Å²) in [5.41, 5.74) is 2.49. The van der Waals surface area contributed by atoms with Gasteiger partial charge in [0.25, 0.3) is 0 Å². The van der Waals surface area contributed by atoms with Gasteiger partial charge in [0.15, 0.2) is 0 Å². The minimum atomic E-state index is 0.282. The molecule has 15 heavy (non-hydrogen) atoms. The third-order valence-electron chi connectivity index (χ3n) is 5.38. The molecule has 3 unspecified atom stereocenters. The van der Waals surface area contributed by atoms with E-state index in [1.807, 2.05) is 0 Å². The molecule has 0 saturated heterocycles. The molecule has 86 valence electrons. The molecule has 0 heterocycles. The van der Waals surface area contributed by atoms with Crippen LogP contribution in [0.2, 0.25) is 0 Å². The van der Waals surface area contributed by atoms with Crippen molar-refractivity contribution in [2.45, 2.75) is 47.0 Å². The van der Waals surface area contributed by atoms with Crippen LogP contribution in [0.4, 0.5) is 0 Å². The maximum absolute atomic E-state index is 9.13. The van der Waals surface area contributed by atoms with Crippen LogP contribution in [0.25, 0.3) is 0 Å². The van der Waals surface area contributed by atoms with Crippen molar-refractivity contribution in [1.29, 1.82) is 0 Å². The van der Waals surface area contributed by atoms with Crippen LogP contribution in [0.1, 0.15) is 47.0 Å². The molecule has 2 bridgehead atoms. The zero-order valence-electron chi connectivity index (χ0n) is 10.5. The molecule has 0 amide bonds. The number of hydrogen-bond acceptors (Lipinski definition) is 1.